The van der Waals surface area contributed by atoms with E-state index in [1.54, 1.807) is 28.8 Å². The summed E-state index contributed by atoms with van der Waals surface area (Å²) in [6, 6.07) is 9.85. The molecule has 23 heavy (non-hydrogen) atoms. The number of imidazole rings is 1. The molecule has 0 fully saturated rings. The van der Waals surface area contributed by atoms with Gasteiger partial charge in [-0.3, -0.25) is 9.20 Å². The number of nitrogens with one attached hydrogen (secondary N) is 1. The van der Waals surface area contributed by atoms with Crippen LogP contribution in [0.25, 0.3) is 16.8 Å². The topological polar surface area (TPSA) is 72.4 Å². The lowest BCUT2D eigenvalue weighted by Crippen LogP contribution is -2.25. The summed E-state index contributed by atoms with van der Waals surface area (Å²) in [4.78, 5) is 16.5. The predicted octanol–water partition coefficient (Wildman–Crippen LogP) is 2.86. The van der Waals surface area contributed by atoms with Gasteiger partial charge in [0.2, 0.25) is 0 Å². The molecule has 0 aliphatic carbocycles. The maximum atomic E-state index is 13.5. The Labute approximate surface area is 133 Å². The minimum atomic E-state index is -0.329. The first-order valence-electron chi connectivity index (χ1n) is 7.42. The van der Waals surface area contributed by atoms with Crippen molar-refractivity contribution in [1.82, 2.24) is 14.7 Å². The second kappa shape index (κ2) is 6.08. The van der Waals surface area contributed by atoms with Crippen LogP contribution in [0.15, 0.2) is 42.6 Å². The Kier molecular flexibility index (Phi) is 3.97. The van der Waals surface area contributed by atoms with Crippen LogP contribution >= 0.6 is 0 Å². The van der Waals surface area contributed by atoms with Crippen LogP contribution in [0.4, 0.5) is 10.2 Å². The van der Waals surface area contributed by atoms with Crippen molar-refractivity contribution >= 4 is 17.4 Å². The highest BCUT2D eigenvalue weighted by Gasteiger charge is 2.18. The van der Waals surface area contributed by atoms with Crippen molar-refractivity contribution in [2.75, 3.05) is 12.3 Å². The largest absolute Gasteiger partial charge is 0.383 e. The van der Waals surface area contributed by atoms with Crippen LogP contribution in [0.1, 0.15) is 23.8 Å². The minimum Gasteiger partial charge on any atom is -0.383 e. The highest BCUT2D eigenvalue weighted by molar-refractivity contribution is 5.98. The monoisotopic (exact) mass is 312 g/mol. The number of pyridine rings is 1. The van der Waals surface area contributed by atoms with Gasteiger partial charge in [0.25, 0.3) is 5.91 Å². The Morgan fingerprint density at radius 2 is 2.17 bits per heavy atom. The number of carbonyl (C=O) groups is 1. The molecule has 0 atom stereocenters. The number of nitrogens with two attached hydrogens (primary N) is 1. The van der Waals surface area contributed by atoms with Gasteiger partial charge in [-0.15, -0.1) is 0 Å². The van der Waals surface area contributed by atoms with Crippen molar-refractivity contribution in [1.29, 1.82) is 0 Å². The molecule has 1 amide bonds. The fourth-order valence-electron chi connectivity index (χ4n) is 2.46. The summed E-state index contributed by atoms with van der Waals surface area (Å²) >= 11 is 0. The minimum absolute atomic E-state index is 0.183. The number of fused-ring (bicyclic) bond motifs is 1. The quantitative estimate of drug-likeness (QED) is 0.778. The number of hydrogen-bond acceptors (Lipinski definition) is 3. The van der Waals surface area contributed by atoms with E-state index in [0.29, 0.717) is 23.3 Å². The average molecular weight is 312 g/mol. The first kappa shape index (κ1) is 15.0. The summed E-state index contributed by atoms with van der Waals surface area (Å²) in [6.45, 7) is 2.53. The predicted molar refractivity (Wildman–Crippen MR) is 87.6 cm³/mol. The second-order valence-electron chi connectivity index (χ2n) is 5.23. The van der Waals surface area contributed by atoms with Crippen molar-refractivity contribution in [3.05, 3.63) is 54.1 Å². The van der Waals surface area contributed by atoms with E-state index in [4.69, 9.17) is 5.73 Å². The maximum Gasteiger partial charge on any atom is 0.273 e. The Balaban J connectivity index is 2.13. The lowest BCUT2D eigenvalue weighted by Gasteiger charge is -2.04. The average Bonchev–Trinajstić information content (AvgIpc) is 2.90. The van der Waals surface area contributed by atoms with Crippen LogP contribution in [0.3, 0.4) is 0 Å². The molecule has 0 aliphatic heterocycles. The summed E-state index contributed by atoms with van der Waals surface area (Å²) in [5.74, 6) is -0.366. The van der Waals surface area contributed by atoms with Crippen molar-refractivity contribution < 1.29 is 9.18 Å². The third kappa shape index (κ3) is 2.75. The fourth-order valence-corrected chi connectivity index (χ4v) is 2.46. The Morgan fingerprint density at radius 3 is 2.91 bits per heavy atom. The number of nitrogen functional groups attached to an aromatic ring is 1. The maximum absolute atomic E-state index is 13.5. The van der Waals surface area contributed by atoms with Gasteiger partial charge >= 0.3 is 0 Å². The number of amides is 1. The molecule has 0 aliphatic rings. The molecule has 0 saturated carbocycles. The van der Waals surface area contributed by atoms with E-state index in [2.05, 4.69) is 10.3 Å². The van der Waals surface area contributed by atoms with Crippen LogP contribution in [-0.4, -0.2) is 21.8 Å². The number of anilines is 1. The van der Waals surface area contributed by atoms with Crippen LogP contribution in [0, 0.1) is 5.82 Å². The van der Waals surface area contributed by atoms with Gasteiger partial charge in [-0.25, -0.2) is 9.37 Å². The summed E-state index contributed by atoms with van der Waals surface area (Å²) in [7, 11) is 0. The molecule has 3 aromatic rings. The molecule has 2 heterocycles. The Bertz CT molecular complexity index is 872. The smallest absolute Gasteiger partial charge is 0.273 e. The van der Waals surface area contributed by atoms with Crippen LogP contribution < -0.4 is 11.1 Å². The zero-order valence-corrected chi connectivity index (χ0v) is 12.7. The Hall–Kier alpha value is -2.89. The number of carbonyl (C=O) groups excluding carboxylic acids is 1. The molecule has 1 aromatic carbocycles. The molecule has 5 nitrogen and oxygen atoms in total. The van der Waals surface area contributed by atoms with Crippen LogP contribution in [0.5, 0.6) is 0 Å². The number of aromatic nitrogens is 2. The summed E-state index contributed by atoms with van der Waals surface area (Å²) in [5.41, 5.74) is 8.16. The van der Waals surface area contributed by atoms with E-state index >= 15 is 0 Å². The molecule has 0 bridgehead atoms. The lowest BCUT2D eigenvalue weighted by molar-refractivity contribution is 0.0950. The van der Waals surface area contributed by atoms with Gasteiger partial charge in [0, 0.05) is 18.3 Å². The van der Waals surface area contributed by atoms with Crippen molar-refractivity contribution in [3.63, 3.8) is 0 Å². The lowest BCUT2D eigenvalue weighted by atomic mass is 10.1. The van der Waals surface area contributed by atoms with Crippen molar-refractivity contribution in [3.8, 4) is 11.1 Å². The molecule has 0 spiro atoms. The van der Waals surface area contributed by atoms with E-state index in [1.807, 2.05) is 13.0 Å². The van der Waals surface area contributed by atoms with Crippen molar-refractivity contribution in [2.24, 2.45) is 0 Å². The molecule has 118 valence electrons. The molecular formula is C17H17FN4O. The first-order chi connectivity index (χ1) is 11.1. The molecule has 6 heteroatoms. The van der Waals surface area contributed by atoms with Gasteiger partial charge in [-0.1, -0.05) is 19.1 Å². The normalized spacial score (nSPS) is 10.9. The third-order valence-corrected chi connectivity index (χ3v) is 3.57. The van der Waals surface area contributed by atoms with E-state index in [1.165, 1.54) is 12.1 Å². The number of nitrogens with zero attached hydrogens (tertiary/aromatic N) is 2. The summed E-state index contributed by atoms with van der Waals surface area (Å²) in [5, 5.41) is 2.76. The van der Waals surface area contributed by atoms with Gasteiger partial charge in [0.1, 0.15) is 17.3 Å². The Morgan fingerprint density at radius 1 is 1.35 bits per heavy atom. The van der Waals surface area contributed by atoms with Crippen LogP contribution in [-0.2, 0) is 0 Å². The SMILES string of the molecule is CCCNC(=O)c1nc2c(-c3cccc(F)c3)cccn2c1N. The molecule has 3 N–H and O–H groups in total. The van der Waals surface area contributed by atoms with Crippen molar-refractivity contribution in [2.45, 2.75) is 13.3 Å². The van der Waals surface area contributed by atoms with E-state index in [-0.39, 0.29) is 23.2 Å². The number of rotatable bonds is 4. The highest BCUT2D eigenvalue weighted by atomic mass is 19.1. The number of hydrogen-bond donors (Lipinski definition) is 2. The first-order valence-corrected chi connectivity index (χ1v) is 7.42. The van der Waals surface area contributed by atoms with E-state index < -0.39 is 0 Å². The standard InChI is InChI=1S/C17H17FN4O/c1-2-8-20-17(23)14-15(19)22-9-4-7-13(16(22)21-14)11-5-3-6-12(18)10-11/h3-7,9-10H,2,8,19H2,1H3,(H,20,23). The third-order valence-electron chi connectivity index (χ3n) is 3.57. The molecular weight excluding hydrogens is 295 g/mol. The highest BCUT2D eigenvalue weighted by Crippen LogP contribution is 2.27. The number of halogens is 1. The van der Waals surface area contributed by atoms with Gasteiger partial charge in [-0.2, -0.15) is 0 Å². The second-order valence-corrected chi connectivity index (χ2v) is 5.23. The molecule has 0 radical (unpaired) electrons. The van der Waals surface area contributed by atoms with Crippen LogP contribution in [0.2, 0.25) is 0 Å². The summed E-state index contributed by atoms with van der Waals surface area (Å²) < 4.78 is 15.1. The van der Waals surface area contributed by atoms with Gasteiger partial charge in [-0.05, 0) is 36.2 Å². The molecule has 2 aromatic heterocycles. The summed E-state index contributed by atoms with van der Waals surface area (Å²) in [6.07, 6.45) is 2.56. The van der Waals surface area contributed by atoms with Gasteiger partial charge in [0.15, 0.2) is 5.69 Å². The zero-order chi connectivity index (χ0) is 16.4. The zero-order valence-electron chi connectivity index (χ0n) is 12.7. The molecule has 0 saturated heterocycles. The van der Waals surface area contributed by atoms with Gasteiger partial charge < -0.3 is 11.1 Å². The molecule has 3 rings (SSSR count). The molecule has 0 unspecified atom stereocenters. The van der Waals surface area contributed by atoms with E-state index in [0.717, 1.165) is 6.42 Å². The van der Waals surface area contributed by atoms with Gasteiger partial charge in [0.05, 0.1) is 0 Å². The fraction of sp³-hybridized carbons (Fsp3) is 0.176. The number of benzene rings is 1. The van der Waals surface area contributed by atoms with E-state index in [9.17, 15) is 9.18 Å².